The van der Waals surface area contributed by atoms with Crippen LogP contribution in [-0.4, -0.2) is 55.1 Å². The molecule has 0 bridgehead atoms. The Morgan fingerprint density at radius 2 is 1.92 bits per heavy atom. The van der Waals surface area contributed by atoms with Gasteiger partial charge in [0.25, 0.3) is 0 Å². The van der Waals surface area contributed by atoms with E-state index < -0.39 is 0 Å². The maximum absolute atomic E-state index is 5.94. The van der Waals surface area contributed by atoms with Gasteiger partial charge in [0.2, 0.25) is 0 Å². The molecule has 2 saturated heterocycles. The molecule has 2 rings (SSSR count). The Labute approximate surface area is 80.9 Å². The monoisotopic (exact) mass is 183 g/mol. The van der Waals surface area contributed by atoms with Crippen molar-refractivity contribution in [3.63, 3.8) is 0 Å². The Balaban J connectivity index is 2.06. The van der Waals surface area contributed by atoms with Gasteiger partial charge in [-0.2, -0.15) is 0 Å². The van der Waals surface area contributed by atoms with Crippen molar-refractivity contribution in [2.24, 2.45) is 5.73 Å². The van der Waals surface area contributed by atoms with Gasteiger partial charge in [0.05, 0.1) is 0 Å². The molecule has 2 N–H and O–H groups in total. The van der Waals surface area contributed by atoms with E-state index in [-0.39, 0.29) is 0 Å². The fraction of sp³-hybridized carbons (Fsp3) is 1.00. The second-order valence-electron chi connectivity index (χ2n) is 4.61. The third-order valence-electron chi connectivity index (χ3n) is 3.68. The van der Waals surface area contributed by atoms with Crippen LogP contribution in [0, 0.1) is 0 Å². The smallest absolute Gasteiger partial charge is 0.0470 e. The number of likely N-dealkylation sites (tertiary alicyclic amines) is 2. The number of nitrogens with zero attached hydrogens (tertiary/aromatic N) is 2. The molecule has 0 spiro atoms. The zero-order valence-electron chi connectivity index (χ0n) is 8.63. The molecular formula is C10H21N3. The summed E-state index contributed by atoms with van der Waals surface area (Å²) in [7, 11) is 2.20. The summed E-state index contributed by atoms with van der Waals surface area (Å²) >= 11 is 0. The zero-order chi connectivity index (χ0) is 9.31. The van der Waals surface area contributed by atoms with Gasteiger partial charge in [-0.05, 0) is 45.9 Å². The fourth-order valence-corrected chi connectivity index (χ4v) is 2.80. The Morgan fingerprint density at radius 3 is 2.38 bits per heavy atom. The van der Waals surface area contributed by atoms with Gasteiger partial charge in [-0.3, -0.25) is 4.90 Å². The lowest BCUT2D eigenvalue weighted by molar-refractivity contribution is 0.132. The second-order valence-corrected chi connectivity index (χ2v) is 4.61. The molecule has 2 aliphatic rings. The molecule has 2 heterocycles. The lowest BCUT2D eigenvalue weighted by Crippen LogP contribution is -2.54. The molecule has 1 unspecified atom stereocenters. The average molecular weight is 183 g/mol. The highest BCUT2D eigenvalue weighted by atomic mass is 15.3. The third-order valence-corrected chi connectivity index (χ3v) is 3.68. The predicted molar refractivity (Wildman–Crippen MR) is 54.7 cm³/mol. The standard InChI is InChI=1S/C10H21N3/c1-12-7-4-10(8-11,9-12)13-5-2-3-6-13/h2-9,11H2,1H3. The Bertz CT molecular complexity index is 177. The molecule has 13 heavy (non-hydrogen) atoms. The quantitative estimate of drug-likeness (QED) is 0.660. The van der Waals surface area contributed by atoms with Crippen LogP contribution in [0.1, 0.15) is 19.3 Å². The molecule has 0 radical (unpaired) electrons. The van der Waals surface area contributed by atoms with Gasteiger partial charge < -0.3 is 10.6 Å². The van der Waals surface area contributed by atoms with Crippen LogP contribution >= 0.6 is 0 Å². The fourth-order valence-electron chi connectivity index (χ4n) is 2.80. The minimum Gasteiger partial charge on any atom is -0.329 e. The lowest BCUT2D eigenvalue weighted by atomic mass is 9.97. The minimum atomic E-state index is 0.325. The average Bonchev–Trinajstić information content (AvgIpc) is 2.73. The molecule has 1 atom stereocenters. The van der Waals surface area contributed by atoms with Crippen LogP contribution in [-0.2, 0) is 0 Å². The molecule has 0 amide bonds. The zero-order valence-corrected chi connectivity index (χ0v) is 8.63. The lowest BCUT2D eigenvalue weighted by Gasteiger charge is -2.37. The van der Waals surface area contributed by atoms with E-state index in [0.717, 1.165) is 6.54 Å². The number of rotatable bonds is 2. The Hall–Kier alpha value is -0.120. The van der Waals surface area contributed by atoms with E-state index in [1.165, 1.54) is 45.4 Å². The van der Waals surface area contributed by atoms with Gasteiger partial charge in [0.1, 0.15) is 0 Å². The van der Waals surface area contributed by atoms with E-state index in [1.54, 1.807) is 0 Å². The summed E-state index contributed by atoms with van der Waals surface area (Å²) in [6, 6.07) is 0. The molecule has 2 fully saturated rings. The van der Waals surface area contributed by atoms with E-state index in [1.807, 2.05) is 0 Å². The first-order valence-electron chi connectivity index (χ1n) is 5.40. The number of nitrogens with two attached hydrogens (primary N) is 1. The van der Waals surface area contributed by atoms with Gasteiger partial charge in [-0.1, -0.05) is 0 Å². The maximum Gasteiger partial charge on any atom is 0.0470 e. The van der Waals surface area contributed by atoms with Crippen LogP contribution in [0.15, 0.2) is 0 Å². The SMILES string of the molecule is CN1CCC(CN)(N2CCCC2)C1. The highest BCUT2D eigenvalue weighted by Crippen LogP contribution is 2.29. The summed E-state index contributed by atoms with van der Waals surface area (Å²) in [5.74, 6) is 0. The predicted octanol–water partition coefficient (Wildman–Crippen LogP) is 0.115. The summed E-state index contributed by atoms with van der Waals surface area (Å²) in [6.07, 6.45) is 4.00. The van der Waals surface area contributed by atoms with Gasteiger partial charge in [-0.25, -0.2) is 0 Å². The van der Waals surface area contributed by atoms with Crippen molar-refractivity contribution >= 4 is 0 Å². The topological polar surface area (TPSA) is 32.5 Å². The highest BCUT2D eigenvalue weighted by molar-refractivity contribution is 5.00. The van der Waals surface area contributed by atoms with Crippen molar-refractivity contribution in [2.75, 3.05) is 39.8 Å². The van der Waals surface area contributed by atoms with Gasteiger partial charge in [0.15, 0.2) is 0 Å². The van der Waals surface area contributed by atoms with E-state index in [2.05, 4.69) is 16.8 Å². The molecule has 0 aromatic heterocycles. The Kier molecular flexibility index (Phi) is 2.58. The molecule has 76 valence electrons. The molecule has 3 nitrogen and oxygen atoms in total. The number of hydrogen-bond acceptors (Lipinski definition) is 3. The van der Waals surface area contributed by atoms with Crippen molar-refractivity contribution in [2.45, 2.75) is 24.8 Å². The van der Waals surface area contributed by atoms with E-state index in [9.17, 15) is 0 Å². The highest BCUT2D eigenvalue weighted by Gasteiger charge is 2.41. The van der Waals surface area contributed by atoms with Crippen molar-refractivity contribution in [1.82, 2.24) is 9.80 Å². The third kappa shape index (κ3) is 1.60. The first kappa shape index (κ1) is 9.44. The maximum atomic E-state index is 5.94. The van der Waals surface area contributed by atoms with Crippen LogP contribution in [0.2, 0.25) is 0 Å². The largest absolute Gasteiger partial charge is 0.329 e. The summed E-state index contributed by atoms with van der Waals surface area (Å²) in [5, 5.41) is 0. The van der Waals surface area contributed by atoms with Crippen LogP contribution < -0.4 is 5.73 Å². The van der Waals surface area contributed by atoms with E-state index in [0.29, 0.717) is 5.54 Å². The van der Waals surface area contributed by atoms with Crippen LogP contribution in [0.25, 0.3) is 0 Å². The molecule has 0 aromatic rings. The van der Waals surface area contributed by atoms with Crippen LogP contribution in [0.3, 0.4) is 0 Å². The molecule has 0 aliphatic carbocycles. The summed E-state index contributed by atoms with van der Waals surface area (Å²) in [6.45, 7) is 5.75. The minimum absolute atomic E-state index is 0.325. The summed E-state index contributed by atoms with van der Waals surface area (Å²) < 4.78 is 0. The van der Waals surface area contributed by atoms with Gasteiger partial charge in [-0.15, -0.1) is 0 Å². The van der Waals surface area contributed by atoms with Crippen LogP contribution in [0.4, 0.5) is 0 Å². The first-order valence-corrected chi connectivity index (χ1v) is 5.40. The number of likely N-dealkylation sites (N-methyl/N-ethyl adjacent to an activating group) is 1. The van der Waals surface area contributed by atoms with Crippen molar-refractivity contribution < 1.29 is 0 Å². The Morgan fingerprint density at radius 1 is 1.23 bits per heavy atom. The van der Waals surface area contributed by atoms with Gasteiger partial charge >= 0.3 is 0 Å². The van der Waals surface area contributed by atoms with E-state index in [4.69, 9.17) is 5.73 Å². The van der Waals surface area contributed by atoms with Crippen molar-refractivity contribution in [3.05, 3.63) is 0 Å². The van der Waals surface area contributed by atoms with Gasteiger partial charge in [0, 0.05) is 18.6 Å². The first-order chi connectivity index (χ1) is 6.27. The van der Waals surface area contributed by atoms with E-state index >= 15 is 0 Å². The van der Waals surface area contributed by atoms with Crippen molar-refractivity contribution in [1.29, 1.82) is 0 Å². The number of hydrogen-bond donors (Lipinski definition) is 1. The molecular weight excluding hydrogens is 162 g/mol. The normalized spacial score (nSPS) is 37.4. The summed E-state index contributed by atoms with van der Waals surface area (Å²) in [5.41, 5.74) is 6.27. The molecule has 3 heteroatoms. The molecule has 2 aliphatic heterocycles. The second kappa shape index (κ2) is 3.56. The van der Waals surface area contributed by atoms with Crippen molar-refractivity contribution in [3.8, 4) is 0 Å². The molecule has 0 aromatic carbocycles. The molecule has 0 saturated carbocycles. The summed E-state index contributed by atoms with van der Waals surface area (Å²) in [4.78, 5) is 5.03. The van der Waals surface area contributed by atoms with Crippen LogP contribution in [0.5, 0.6) is 0 Å².